The Balaban J connectivity index is 2.18. The molecule has 8 nitrogen and oxygen atoms in total. The van der Waals surface area contributed by atoms with Gasteiger partial charge in [-0.05, 0) is 42.8 Å². The summed E-state index contributed by atoms with van der Waals surface area (Å²) in [6, 6.07) is 5.39. The largest absolute Gasteiger partial charge is 0.341 e. The number of benzene rings is 1. The maximum Gasteiger partial charge on any atom is 0.321 e. The third-order valence-corrected chi connectivity index (χ3v) is 4.17. The molecule has 3 amide bonds. The van der Waals surface area contributed by atoms with Gasteiger partial charge in [0, 0.05) is 7.05 Å². The second-order valence-electron chi connectivity index (χ2n) is 4.99. The van der Waals surface area contributed by atoms with E-state index in [1.54, 1.807) is 11.6 Å². The summed E-state index contributed by atoms with van der Waals surface area (Å²) in [4.78, 5) is 23.1. The van der Waals surface area contributed by atoms with Gasteiger partial charge in [-0.15, -0.1) is 5.10 Å². The first-order valence-corrected chi connectivity index (χ1v) is 7.85. The summed E-state index contributed by atoms with van der Waals surface area (Å²) in [6.07, 6.45) is 0. The van der Waals surface area contributed by atoms with Crippen LogP contribution in [-0.2, 0) is 4.79 Å². The number of tetrazole rings is 1. The number of rotatable bonds is 4. The van der Waals surface area contributed by atoms with E-state index in [0.717, 1.165) is 16.8 Å². The Morgan fingerprint density at radius 3 is 2.70 bits per heavy atom. The van der Waals surface area contributed by atoms with E-state index in [2.05, 4.69) is 26.2 Å². The van der Waals surface area contributed by atoms with E-state index in [1.807, 2.05) is 32.0 Å². The molecule has 1 aromatic carbocycles. The predicted molar refractivity (Wildman–Crippen MR) is 86.5 cm³/mol. The smallest absolute Gasteiger partial charge is 0.321 e. The number of nitrogens with one attached hydrogen (secondary N) is 2. The Morgan fingerprint density at radius 2 is 2.04 bits per heavy atom. The Morgan fingerprint density at radius 1 is 1.30 bits per heavy atom. The number of carbonyl (C=O) groups is 2. The van der Waals surface area contributed by atoms with Gasteiger partial charge < -0.3 is 5.32 Å². The van der Waals surface area contributed by atoms with Crippen LogP contribution in [0.5, 0.6) is 0 Å². The Kier molecular flexibility index (Phi) is 5.32. The Labute approximate surface area is 138 Å². The minimum Gasteiger partial charge on any atom is -0.341 e. The van der Waals surface area contributed by atoms with Crippen LogP contribution in [0.15, 0.2) is 23.4 Å². The molecule has 0 aliphatic carbocycles. The molecule has 0 fully saturated rings. The van der Waals surface area contributed by atoms with Crippen LogP contribution in [0.4, 0.5) is 4.79 Å². The molecule has 0 saturated heterocycles. The molecule has 9 heteroatoms. The van der Waals surface area contributed by atoms with Gasteiger partial charge in [0.1, 0.15) is 0 Å². The molecule has 1 atom stereocenters. The number of aromatic nitrogens is 4. The van der Waals surface area contributed by atoms with Crippen molar-refractivity contribution in [2.75, 3.05) is 7.05 Å². The highest BCUT2D eigenvalue weighted by molar-refractivity contribution is 8.00. The highest BCUT2D eigenvalue weighted by Gasteiger charge is 2.21. The molecule has 2 aromatic rings. The second kappa shape index (κ2) is 7.23. The summed E-state index contributed by atoms with van der Waals surface area (Å²) in [7, 11) is 1.45. The first-order valence-electron chi connectivity index (χ1n) is 6.97. The Hall–Kier alpha value is -2.42. The number of nitrogens with zero attached hydrogens (tertiary/aromatic N) is 4. The van der Waals surface area contributed by atoms with Gasteiger partial charge in [0.05, 0.1) is 10.9 Å². The first kappa shape index (κ1) is 16.9. The molecule has 1 aromatic heterocycles. The molecule has 2 rings (SSSR count). The van der Waals surface area contributed by atoms with Crippen LogP contribution in [0, 0.1) is 13.8 Å². The molecule has 0 saturated carbocycles. The fourth-order valence-corrected chi connectivity index (χ4v) is 2.73. The lowest BCUT2D eigenvalue weighted by atomic mass is 10.1. The van der Waals surface area contributed by atoms with Gasteiger partial charge >= 0.3 is 6.03 Å². The van der Waals surface area contributed by atoms with Gasteiger partial charge in [0.15, 0.2) is 0 Å². The normalized spacial score (nSPS) is 11.8. The molecular formula is C14H18N6O2S. The summed E-state index contributed by atoms with van der Waals surface area (Å²) in [5.41, 5.74) is 3.02. The van der Waals surface area contributed by atoms with Crippen LogP contribution in [0.3, 0.4) is 0 Å². The number of hydrogen-bond acceptors (Lipinski definition) is 6. The number of thioether (sulfide) groups is 1. The average Bonchev–Trinajstić information content (AvgIpc) is 2.94. The zero-order chi connectivity index (χ0) is 17.0. The number of carbonyl (C=O) groups excluding carboxylic acids is 2. The van der Waals surface area contributed by atoms with Crippen molar-refractivity contribution in [3.05, 3.63) is 29.3 Å². The maximum absolute atomic E-state index is 11.9. The number of aryl methyl sites for hydroxylation is 2. The zero-order valence-corrected chi connectivity index (χ0v) is 14.1. The zero-order valence-electron chi connectivity index (χ0n) is 13.3. The lowest BCUT2D eigenvalue weighted by molar-refractivity contribution is -0.119. The Bertz CT molecular complexity index is 730. The van der Waals surface area contributed by atoms with Crippen molar-refractivity contribution in [2.45, 2.75) is 31.2 Å². The maximum atomic E-state index is 11.9. The molecule has 0 bridgehead atoms. The molecular weight excluding hydrogens is 316 g/mol. The average molecular weight is 334 g/mol. The first-order chi connectivity index (χ1) is 10.9. The van der Waals surface area contributed by atoms with Crippen LogP contribution < -0.4 is 10.6 Å². The van der Waals surface area contributed by atoms with Crippen LogP contribution in [0.2, 0.25) is 0 Å². The summed E-state index contributed by atoms with van der Waals surface area (Å²) in [6.45, 7) is 5.67. The van der Waals surface area contributed by atoms with E-state index in [-0.39, 0.29) is 0 Å². The molecule has 0 aliphatic rings. The van der Waals surface area contributed by atoms with Crippen LogP contribution in [-0.4, -0.2) is 44.4 Å². The highest BCUT2D eigenvalue weighted by Crippen LogP contribution is 2.24. The standard InChI is InChI=1S/C14H18N6O2S/c1-8-5-6-11(9(2)7-8)20-14(17-18-19-20)23-10(3)12(21)16-13(22)15-4/h5-7,10H,1-4H3,(H2,15,16,21,22)/t10-/m1/s1. The van der Waals surface area contributed by atoms with E-state index >= 15 is 0 Å². The van der Waals surface area contributed by atoms with Crippen LogP contribution in [0.25, 0.3) is 5.69 Å². The molecule has 0 radical (unpaired) electrons. The van der Waals surface area contributed by atoms with Crippen LogP contribution in [0.1, 0.15) is 18.1 Å². The summed E-state index contributed by atoms with van der Waals surface area (Å²) in [5.74, 6) is -0.412. The van der Waals surface area contributed by atoms with Gasteiger partial charge in [0.25, 0.3) is 0 Å². The van der Waals surface area contributed by atoms with Crippen molar-refractivity contribution in [1.82, 2.24) is 30.8 Å². The summed E-state index contributed by atoms with van der Waals surface area (Å²) in [5, 5.41) is 16.2. The van der Waals surface area contributed by atoms with Gasteiger partial charge in [-0.1, -0.05) is 29.5 Å². The van der Waals surface area contributed by atoms with E-state index in [0.29, 0.717) is 5.16 Å². The third-order valence-electron chi connectivity index (χ3n) is 3.14. The summed E-state index contributed by atoms with van der Waals surface area (Å²) >= 11 is 1.18. The molecule has 0 unspecified atom stereocenters. The fourth-order valence-electron chi connectivity index (χ4n) is 1.93. The molecule has 122 valence electrons. The van der Waals surface area contributed by atoms with Crippen molar-refractivity contribution in [3.63, 3.8) is 0 Å². The molecule has 2 N–H and O–H groups in total. The van der Waals surface area contributed by atoms with E-state index in [1.165, 1.54) is 18.8 Å². The van der Waals surface area contributed by atoms with Gasteiger partial charge in [-0.25, -0.2) is 4.79 Å². The van der Waals surface area contributed by atoms with Crippen molar-refractivity contribution >= 4 is 23.7 Å². The van der Waals surface area contributed by atoms with Gasteiger partial charge in [-0.3, -0.25) is 10.1 Å². The van der Waals surface area contributed by atoms with Crippen molar-refractivity contribution < 1.29 is 9.59 Å². The molecule has 0 aliphatic heterocycles. The third kappa shape index (κ3) is 4.07. The van der Waals surface area contributed by atoms with Crippen molar-refractivity contribution in [1.29, 1.82) is 0 Å². The molecule has 0 spiro atoms. The van der Waals surface area contributed by atoms with E-state index < -0.39 is 17.2 Å². The van der Waals surface area contributed by atoms with Crippen molar-refractivity contribution in [3.8, 4) is 5.69 Å². The lowest BCUT2D eigenvalue weighted by Crippen LogP contribution is -2.41. The highest BCUT2D eigenvalue weighted by atomic mass is 32.2. The number of urea groups is 1. The quantitative estimate of drug-likeness (QED) is 0.815. The minimum atomic E-state index is -0.545. The number of amides is 3. The van der Waals surface area contributed by atoms with Gasteiger partial charge in [-0.2, -0.15) is 4.68 Å². The monoisotopic (exact) mass is 334 g/mol. The second-order valence-corrected chi connectivity index (χ2v) is 6.30. The van der Waals surface area contributed by atoms with E-state index in [4.69, 9.17) is 0 Å². The fraction of sp³-hybridized carbons (Fsp3) is 0.357. The molecule has 23 heavy (non-hydrogen) atoms. The van der Waals surface area contributed by atoms with Gasteiger partial charge in [0.2, 0.25) is 11.1 Å². The SMILES string of the molecule is CNC(=O)NC(=O)[C@@H](C)Sc1nnnn1-c1ccc(C)cc1C. The van der Waals surface area contributed by atoms with Crippen molar-refractivity contribution in [2.24, 2.45) is 0 Å². The van der Waals surface area contributed by atoms with E-state index in [9.17, 15) is 9.59 Å². The minimum absolute atomic E-state index is 0.412. The lowest BCUT2D eigenvalue weighted by Gasteiger charge is -2.12. The number of hydrogen-bond donors (Lipinski definition) is 2. The summed E-state index contributed by atoms with van der Waals surface area (Å²) < 4.78 is 1.59. The molecule has 1 heterocycles. The number of imide groups is 1. The van der Waals surface area contributed by atoms with Crippen LogP contribution >= 0.6 is 11.8 Å². The topological polar surface area (TPSA) is 102 Å². The predicted octanol–water partition coefficient (Wildman–Crippen LogP) is 1.22.